The van der Waals surface area contributed by atoms with Gasteiger partial charge in [0.15, 0.2) is 0 Å². The second-order valence-corrected chi connectivity index (χ2v) is 4.24. The third kappa shape index (κ3) is 1.75. The largest absolute Gasteiger partial charge is 0.453 e. The lowest BCUT2D eigenvalue weighted by molar-refractivity contribution is 0.132. The maximum absolute atomic E-state index is 11.2. The highest BCUT2D eigenvalue weighted by Gasteiger charge is 2.27. The zero-order valence-corrected chi connectivity index (χ0v) is 8.92. The van der Waals surface area contributed by atoms with Crippen molar-refractivity contribution in [3.8, 4) is 0 Å². The van der Waals surface area contributed by atoms with Crippen LogP contribution in [0.1, 0.15) is 17.9 Å². The number of rotatable bonds is 1. The summed E-state index contributed by atoms with van der Waals surface area (Å²) in [7, 11) is 1.43. The SMILES string of the molecule is COC(=O)N1CC[C@H](c2ccsc2)C1. The second-order valence-electron chi connectivity index (χ2n) is 3.46. The van der Waals surface area contributed by atoms with Crippen LogP contribution in [0.4, 0.5) is 4.79 Å². The molecule has 2 rings (SSSR count). The molecular formula is C10H13NO2S. The molecular weight excluding hydrogens is 198 g/mol. The summed E-state index contributed by atoms with van der Waals surface area (Å²) in [6.45, 7) is 1.61. The zero-order valence-electron chi connectivity index (χ0n) is 8.10. The molecule has 1 aliphatic rings. The first-order valence-electron chi connectivity index (χ1n) is 4.66. The Labute approximate surface area is 87.3 Å². The van der Waals surface area contributed by atoms with Gasteiger partial charge in [0.25, 0.3) is 0 Å². The average molecular weight is 211 g/mol. The first-order chi connectivity index (χ1) is 6.81. The van der Waals surface area contributed by atoms with Gasteiger partial charge >= 0.3 is 6.09 Å². The van der Waals surface area contributed by atoms with Gasteiger partial charge in [-0.2, -0.15) is 11.3 Å². The quantitative estimate of drug-likeness (QED) is 0.713. The van der Waals surface area contributed by atoms with Gasteiger partial charge in [0.1, 0.15) is 0 Å². The van der Waals surface area contributed by atoms with Gasteiger partial charge in [0.05, 0.1) is 7.11 Å². The maximum Gasteiger partial charge on any atom is 0.409 e. The topological polar surface area (TPSA) is 29.5 Å². The van der Waals surface area contributed by atoms with Crippen LogP contribution in [-0.4, -0.2) is 31.2 Å². The van der Waals surface area contributed by atoms with Gasteiger partial charge in [-0.15, -0.1) is 0 Å². The summed E-state index contributed by atoms with van der Waals surface area (Å²) in [4.78, 5) is 13.0. The average Bonchev–Trinajstić information content (AvgIpc) is 2.86. The van der Waals surface area contributed by atoms with Crippen LogP contribution >= 0.6 is 11.3 Å². The van der Waals surface area contributed by atoms with Gasteiger partial charge in [-0.05, 0) is 28.8 Å². The minimum absolute atomic E-state index is 0.206. The van der Waals surface area contributed by atoms with Crippen LogP contribution in [0.25, 0.3) is 0 Å². The van der Waals surface area contributed by atoms with Crippen LogP contribution in [0.15, 0.2) is 16.8 Å². The molecule has 0 unspecified atom stereocenters. The summed E-state index contributed by atoms with van der Waals surface area (Å²) in [6.07, 6.45) is 0.842. The van der Waals surface area contributed by atoms with Gasteiger partial charge in [-0.3, -0.25) is 0 Å². The Hall–Kier alpha value is -1.03. The molecule has 76 valence electrons. The van der Waals surface area contributed by atoms with Crippen LogP contribution in [-0.2, 0) is 4.74 Å². The van der Waals surface area contributed by atoms with Gasteiger partial charge in [0.2, 0.25) is 0 Å². The van der Waals surface area contributed by atoms with E-state index in [0.717, 1.165) is 19.5 Å². The van der Waals surface area contributed by atoms with Gasteiger partial charge in [0, 0.05) is 19.0 Å². The predicted molar refractivity (Wildman–Crippen MR) is 55.7 cm³/mol. The number of hydrogen-bond donors (Lipinski definition) is 0. The first kappa shape index (κ1) is 9.52. The Balaban J connectivity index is 1.98. The molecule has 1 atom stereocenters. The van der Waals surface area contributed by atoms with Crippen molar-refractivity contribution < 1.29 is 9.53 Å². The van der Waals surface area contributed by atoms with Gasteiger partial charge < -0.3 is 9.64 Å². The molecule has 1 saturated heterocycles. The second kappa shape index (κ2) is 4.00. The van der Waals surface area contributed by atoms with E-state index in [1.54, 1.807) is 16.2 Å². The number of methoxy groups -OCH3 is 1. The molecule has 1 aliphatic heterocycles. The molecule has 0 spiro atoms. The predicted octanol–water partition coefficient (Wildman–Crippen LogP) is 2.30. The van der Waals surface area contributed by atoms with Gasteiger partial charge in [-0.25, -0.2) is 4.79 Å². The van der Waals surface area contributed by atoms with Crippen molar-refractivity contribution >= 4 is 17.4 Å². The lowest BCUT2D eigenvalue weighted by Crippen LogP contribution is -2.28. The molecule has 1 amide bonds. The van der Waals surface area contributed by atoms with Crippen LogP contribution < -0.4 is 0 Å². The molecule has 0 bridgehead atoms. The molecule has 14 heavy (non-hydrogen) atoms. The van der Waals surface area contributed by atoms with E-state index in [-0.39, 0.29) is 6.09 Å². The molecule has 1 aromatic rings. The molecule has 0 aliphatic carbocycles. The Bertz CT molecular complexity index is 310. The fourth-order valence-electron chi connectivity index (χ4n) is 1.83. The summed E-state index contributed by atoms with van der Waals surface area (Å²) in [5.74, 6) is 0.500. The highest BCUT2D eigenvalue weighted by atomic mass is 32.1. The number of thiophene rings is 1. The molecule has 0 radical (unpaired) electrons. The minimum atomic E-state index is -0.206. The highest BCUT2D eigenvalue weighted by Crippen LogP contribution is 2.28. The van der Waals surface area contributed by atoms with E-state index >= 15 is 0 Å². The molecule has 0 aromatic carbocycles. The van der Waals surface area contributed by atoms with Crippen molar-refractivity contribution in [2.24, 2.45) is 0 Å². The Morgan fingerprint density at radius 2 is 2.57 bits per heavy atom. The van der Waals surface area contributed by atoms with Crippen molar-refractivity contribution in [2.75, 3.05) is 20.2 Å². The first-order valence-corrected chi connectivity index (χ1v) is 5.60. The van der Waals surface area contributed by atoms with E-state index in [1.165, 1.54) is 12.7 Å². The van der Waals surface area contributed by atoms with Crippen LogP contribution in [0.2, 0.25) is 0 Å². The number of likely N-dealkylation sites (tertiary alicyclic amines) is 1. The standard InChI is InChI=1S/C10H13NO2S/c1-13-10(12)11-4-2-8(6-11)9-3-5-14-7-9/h3,5,7-8H,2,4,6H2,1H3/t8-/m0/s1. The number of amides is 1. The number of nitrogens with zero attached hydrogens (tertiary/aromatic N) is 1. The van der Waals surface area contributed by atoms with Crippen molar-refractivity contribution in [3.05, 3.63) is 22.4 Å². The Morgan fingerprint density at radius 1 is 1.71 bits per heavy atom. The van der Waals surface area contributed by atoms with E-state index in [0.29, 0.717) is 5.92 Å². The summed E-state index contributed by atoms with van der Waals surface area (Å²) >= 11 is 1.71. The summed E-state index contributed by atoms with van der Waals surface area (Å²) in [5, 5.41) is 4.24. The molecule has 2 heterocycles. The number of hydrogen-bond acceptors (Lipinski definition) is 3. The van der Waals surface area contributed by atoms with Crippen LogP contribution in [0.3, 0.4) is 0 Å². The summed E-state index contributed by atoms with van der Waals surface area (Å²) in [5.41, 5.74) is 1.35. The molecule has 4 heteroatoms. The van der Waals surface area contributed by atoms with E-state index in [4.69, 9.17) is 0 Å². The highest BCUT2D eigenvalue weighted by molar-refractivity contribution is 7.07. The number of ether oxygens (including phenoxy) is 1. The molecule has 1 aromatic heterocycles. The van der Waals surface area contributed by atoms with E-state index in [9.17, 15) is 4.79 Å². The summed E-state index contributed by atoms with van der Waals surface area (Å²) in [6, 6.07) is 2.14. The minimum Gasteiger partial charge on any atom is -0.453 e. The normalized spacial score (nSPS) is 21.2. The third-order valence-corrected chi connectivity index (χ3v) is 3.34. The van der Waals surface area contributed by atoms with Crippen molar-refractivity contribution in [3.63, 3.8) is 0 Å². The Kier molecular flexibility index (Phi) is 2.72. The fourth-order valence-corrected chi connectivity index (χ4v) is 2.58. The molecule has 3 nitrogen and oxygen atoms in total. The molecule has 1 fully saturated rings. The number of carbonyl (C=O) groups excluding carboxylic acids is 1. The van der Waals surface area contributed by atoms with Crippen molar-refractivity contribution in [1.82, 2.24) is 4.90 Å². The van der Waals surface area contributed by atoms with Crippen molar-refractivity contribution in [2.45, 2.75) is 12.3 Å². The van der Waals surface area contributed by atoms with E-state index in [1.807, 2.05) is 0 Å². The zero-order chi connectivity index (χ0) is 9.97. The van der Waals surface area contributed by atoms with E-state index < -0.39 is 0 Å². The Morgan fingerprint density at radius 3 is 3.21 bits per heavy atom. The van der Waals surface area contributed by atoms with Crippen molar-refractivity contribution in [1.29, 1.82) is 0 Å². The van der Waals surface area contributed by atoms with E-state index in [2.05, 4.69) is 21.6 Å². The van der Waals surface area contributed by atoms with Crippen LogP contribution in [0.5, 0.6) is 0 Å². The smallest absolute Gasteiger partial charge is 0.409 e. The third-order valence-electron chi connectivity index (χ3n) is 2.64. The van der Waals surface area contributed by atoms with Gasteiger partial charge in [-0.1, -0.05) is 0 Å². The lowest BCUT2D eigenvalue weighted by Gasteiger charge is -2.13. The lowest BCUT2D eigenvalue weighted by atomic mass is 10.0. The van der Waals surface area contributed by atoms with Crippen LogP contribution in [0, 0.1) is 0 Å². The summed E-state index contributed by atoms with van der Waals surface area (Å²) < 4.78 is 4.69. The monoisotopic (exact) mass is 211 g/mol. The number of carbonyl (C=O) groups is 1. The molecule has 0 saturated carbocycles. The maximum atomic E-state index is 11.2. The fraction of sp³-hybridized carbons (Fsp3) is 0.500. The molecule has 0 N–H and O–H groups in total.